The molecule has 0 fully saturated rings. The third-order valence-electron chi connectivity index (χ3n) is 2.55. The molecule has 1 aromatic rings. The molecule has 0 saturated heterocycles. The van der Waals surface area contributed by atoms with E-state index in [1.54, 1.807) is 11.3 Å². The lowest BCUT2D eigenvalue weighted by Crippen LogP contribution is -2.26. The van der Waals surface area contributed by atoms with E-state index in [1.165, 1.54) is 9.75 Å². The average molecular weight is 240 g/mol. The highest BCUT2D eigenvalue weighted by molar-refractivity contribution is 7.12. The van der Waals surface area contributed by atoms with Crippen LogP contribution in [0, 0.1) is 12.3 Å². The molecule has 4 N–H and O–H groups in total. The maximum Gasteiger partial charge on any atom is 0.217 e. The van der Waals surface area contributed by atoms with Gasteiger partial charge in [-0.2, -0.15) is 0 Å². The first kappa shape index (κ1) is 13.2. The fraction of sp³-hybridized carbons (Fsp3) is 0.583. The molecule has 0 aliphatic carbocycles. The number of carbonyl (C=O) groups is 1. The summed E-state index contributed by atoms with van der Waals surface area (Å²) < 4.78 is 0. The fourth-order valence-electron chi connectivity index (χ4n) is 1.89. The smallest absolute Gasteiger partial charge is 0.217 e. The Kier molecular flexibility index (Phi) is 4.10. The van der Waals surface area contributed by atoms with Gasteiger partial charge < -0.3 is 11.5 Å². The van der Waals surface area contributed by atoms with E-state index in [2.05, 4.69) is 19.1 Å². The number of rotatable bonds is 5. The molecule has 90 valence electrons. The second kappa shape index (κ2) is 4.97. The van der Waals surface area contributed by atoms with Gasteiger partial charge >= 0.3 is 0 Å². The van der Waals surface area contributed by atoms with Crippen molar-refractivity contribution in [1.82, 2.24) is 0 Å². The summed E-state index contributed by atoms with van der Waals surface area (Å²) in [6.07, 6.45) is 1.15. The Morgan fingerprint density at radius 2 is 2.12 bits per heavy atom. The largest absolute Gasteiger partial charge is 0.370 e. The Balaban J connectivity index is 2.63. The summed E-state index contributed by atoms with van der Waals surface area (Å²) >= 11 is 1.71. The van der Waals surface area contributed by atoms with Gasteiger partial charge in [-0.15, -0.1) is 11.3 Å². The average Bonchev–Trinajstić information content (AvgIpc) is 2.47. The van der Waals surface area contributed by atoms with Crippen molar-refractivity contribution >= 4 is 17.2 Å². The van der Waals surface area contributed by atoms with Gasteiger partial charge in [-0.3, -0.25) is 4.79 Å². The monoisotopic (exact) mass is 240 g/mol. The van der Waals surface area contributed by atoms with Crippen LogP contribution in [-0.2, 0) is 4.79 Å². The molecule has 0 saturated carbocycles. The lowest BCUT2D eigenvalue weighted by Gasteiger charge is -2.26. The second-order valence-corrected chi connectivity index (χ2v) is 6.39. The van der Waals surface area contributed by atoms with E-state index in [1.807, 2.05) is 13.8 Å². The first-order valence-corrected chi connectivity index (χ1v) is 6.22. The number of hydrogen-bond acceptors (Lipinski definition) is 3. The minimum atomic E-state index is -0.264. The zero-order valence-corrected chi connectivity index (χ0v) is 10.9. The van der Waals surface area contributed by atoms with Gasteiger partial charge in [0.15, 0.2) is 0 Å². The Hall–Kier alpha value is -0.870. The first-order chi connectivity index (χ1) is 7.30. The summed E-state index contributed by atoms with van der Waals surface area (Å²) in [6.45, 7) is 6.12. The van der Waals surface area contributed by atoms with Crippen LogP contribution in [0.1, 0.15) is 42.5 Å². The molecule has 1 heterocycles. The van der Waals surface area contributed by atoms with Gasteiger partial charge in [-0.25, -0.2) is 0 Å². The zero-order chi connectivity index (χ0) is 12.3. The van der Waals surface area contributed by atoms with Crippen LogP contribution in [-0.4, -0.2) is 5.91 Å². The molecular formula is C12H20N2OS. The van der Waals surface area contributed by atoms with Gasteiger partial charge in [0.1, 0.15) is 0 Å². The SMILES string of the molecule is Cc1ccc(C(N)CC(C)(C)CC(N)=O)s1. The van der Waals surface area contributed by atoms with Crippen LogP contribution < -0.4 is 11.5 Å². The molecule has 1 unspecified atom stereocenters. The van der Waals surface area contributed by atoms with Crippen LogP contribution in [0.15, 0.2) is 12.1 Å². The molecule has 1 atom stereocenters. The van der Waals surface area contributed by atoms with Gasteiger partial charge in [-0.1, -0.05) is 13.8 Å². The predicted octanol–water partition coefficient (Wildman–Crippen LogP) is 2.35. The van der Waals surface area contributed by atoms with Crippen molar-refractivity contribution in [3.8, 4) is 0 Å². The van der Waals surface area contributed by atoms with Gasteiger partial charge in [0, 0.05) is 22.2 Å². The zero-order valence-electron chi connectivity index (χ0n) is 10.1. The molecule has 1 aromatic heterocycles. The lowest BCUT2D eigenvalue weighted by molar-refractivity contribution is -0.120. The van der Waals surface area contributed by atoms with Crippen LogP contribution in [0.3, 0.4) is 0 Å². The Morgan fingerprint density at radius 3 is 2.56 bits per heavy atom. The molecule has 4 heteroatoms. The maximum absolute atomic E-state index is 10.9. The number of primary amides is 1. The van der Waals surface area contributed by atoms with E-state index in [4.69, 9.17) is 11.5 Å². The van der Waals surface area contributed by atoms with Gasteiger partial charge in [-0.05, 0) is 30.9 Å². The third-order valence-corrected chi connectivity index (χ3v) is 3.68. The van der Waals surface area contributed by atoms with Crippen molar-refractivity contribution < 1.29 is 4.79 Å². The van der Waals surface area contributed by atoms with E-state index in [-0.39, 0.29) is 17.4 Å². The van der Waals surface area contributed by atoms with E-state index in [0.717, 1.165) is 6.42 Å². The molecule has 16 heavy (non-hydrogen) atoms. The molecule has 0 aromatic carbocycles. The van der Waals surface area contributed by atoms with Crippen LogP contribution in [0.4, 0.5) is 0 Å². The summed E-state index contributed by atoms with van der Waals surface area (Å²) in [7, 11) is 0. The Morgan fingerprint density at radius 1 is 1.50 bits per heavy atom. The molecule has 1 rings (SSSR count). The van der Waals surface area contributed by atoms with Crippen molar-refractivity contribution in [2.75, 3.05) is 0 Å². The van der Waals surface area contributed by atoms with E-state index in [0.29, 0.717) is 6.42 Å². The van der Waals surface area contributed by atoms with Crippen LogP contribution in [0.25, 0.3) is 0 Å². The van der Waals surface area contributed by atoms with Gasteiger partial charge in [0.25, 0.3) is 0 Å². The highest BCUT2D eigenvalue weighted by atomic mass is 32.1. The number of thiophene rings is 1. The topological polar surface area (TPSA) is 69.1 Å². The molecule has 0 aliphatic rings. The summed E-state index contributed by atoms with van der Waals surface area (Å²) in [5, 5.41) is 0. The number of carbonyl (C=O) groups excluding carboxylic acids is 1. The van der Waals surface area contributed by atoms with Gasteiger partial charge in [0.2, 0.25) is 5.91 Å². The molecule has 1 amide bonds. The lowest BCUT2D eigenvalue weighted by atomic mass is 9.82. The predicted molar refractivity (Wildman–Crippen MR) is 68.2 cm³/mol. The highest BCUT2D eigenvalue weighted by Gasteiger charge is 2.24. The third kappa shape index (κ3) is 3.94. The summed E-state index contributed by atoms with van der Waals surface area (Å²) in [6, 6.07) is 4.12. The number of amides is 1. The second-order valence-electron chi connectivity index (χ2n) is 5.07. The normalized spacial score (nSPS) is 13.8. The Bertz CT molecular complexity index is 371. The molecule has 3 nitrogen and oxygen atoms in total. The maximum atomic E-state index is 10.9. The van der Waals surface area contributed by atoms with Gasteiger partial charge in [0.05, 0.1) is 0 Å². The minimum Gasteiger partial charge on any atom is -0.370 e. The van der Waals surface area contributed by atoms with E-state index in [9.17, 15) is 4.79 Å². The standard InChI is InChI=1S/C12H20N2OS/c1-8-4-5-10(16-8)9(13)6-12(2,3)7-11(14)15/h4-5,9H,6-7,13H2,1-3H3,(H2,14,15). The first-order valence-electron chi connectivity index (χ1n) is 5.40. The quantitative estimate of drug-likeness (QED) is 0.829. The summed E-state index contributed by atoms with van der Waals surface area (Å²) in [5.74, 6) is -0.264. The van der Waals surface area contributed by atoms with Crippen molar-refractivity contribution in [2.45, 2.75) is 39.7 Å². The minimum absolute atomic E-state index is 0.00644. The van der Waals surface area contributed by atoms with Crippen molar-refractivity contribution in [3.63, 3.8) is 0 Å². The van der Waals surface area contributed by atoms with E-state index < -0.39 is 0 Å². The highest BCUT2D eigenvalue weighted by Crippen LogP contribution is 2.33. The van der Waals surface area contributed by atoms with Crippen LogP contribution in [0.2, 0.25) is 0 Å². The summed E-state index contributed by atoms with van der Waals surface area (Å²) in [4.78, 5) is 13.4. The summed E-state index contributed by atoms with van der Waals surface area (Å²) in [5.41, 5.74) is 11.2. The number of aryl methyl sites for hydroxylation is 1. The van der Waals surface area contributed by atoms with Crippen LogP contribution in [0.5, 0.6) is 0 Å². The Labute approximate surface area is 101 Å². The van der Waals surface area contributed by atoms with Crippen molar-refractivity contribution in [1.29, 1.82) is 0 Å². The molecule has 0 aliphatic heterocycles. The number of nitrogens with two attached hydrogens (primary N) is 2. The van der Waals surface area contributed by atoms with Crippen molar-refractivity contribution in [2.24, 2.45) is 16.9 Å². The molecule has 0 spiro atoms. The fourth-order valence-corrected chi connectivity index (χ4v) is 2.77. The molecular weight excluding hydrogens is 220 g/mol. The van der Waals surface area contributed by atoms with Crippen LogP contribution >= 0.6 is 11.3 Å². The van der Waals surface area contributed by atoms with E-state index >= 15 is 0 Å². The number of hydrogen-bond donors (Lipinski definition) is 2. The molecule has 0 radical (unpaired) electrons. The molecule has 0 bridgehead atoms. The van der Waals surface area contributed by atoms with Crippen molar-refractivity contribution in [3.05, 3.63) is 21.9 Å².